The van der Waals surface area contributed by atoms with E-state index in [-0.39, 0.29) is 5.97 Å². The Balaban J connectivity index is 1.98. The first-order valence-electron chi connectivity index (χ1n) is 5.60. The van der Waals surface area contributed by atoms with Crippen LogP contribution in [0.3, 0.4) is 0 Å². The van der Waals surface area contributed by atoms with E-state index in [0.29, 0.717) is 23.1 Å². The molecule has 0 amide bonds. The highest BCUT2D eigenvalue weighted by Gasteiger charge is 2.04. The Labute approximate surface area is 115 Å². The number of hydrogen-bond acceptors (Lipinski definition) is 4. The van der Waals surface area contributed by atoms with Crippen molar-refractivity contribution in [1.29, 1.82) is 0 Å². The molecule has 98 valence electrons. The minimum absolute atomic E-state index is 0.368. The lowest BCUT2D eigenvalue weighted by Crippen LogP contribution is -2.01. The first kappa shape index (κ1) is 13.4. The van der Waals surface area contributed by atoms with Crippen LogP contribution in [0.15, 0.2) is 42.6 Å². The number of halogens is 1. The highest BCUT2D eigenvalue weighted by molar-refractivity contribution is 6.29. The molecule has 0 bridgehead atoms. The van der Waals surface area contributed by atoms with Gasteiger partial charge in [0.15, 0.2) is 0 Å². The van der Waals surface area contributed by atoms with E-state index in [0.717, 1.165) is 5.56 Å². The van der Waals surface area contributed by atoms with Crippen molar-refractivity contribution in [2.24, 2.45) is 0 Å². The van der Waals surface area contributed by atoms with E-state index in [9.17, 15) is 4.79 Å². The van der Waals surface area contributed by atoms with E-state index >= 15 is 0 Å². The van der Waals surface area contributed by atoms with Gasteiger partial charge in [0, 0.05) is 6.20 Å². The molecule has 0 aliphatic carbocycles. The molecule has 2 rings (SSSR count). The van der Waals surface area contributed by atoms with Crippen molar-refractivity contribution in [1.82, 2.24) is 4.98 Å². The predicted molar refractivity (Wildman–Crippen MR) is 71.4 cm³/mol. The van der Waals surface area contributed by atoms with Crippen LogP contribution >= 0.6 is 11.6 Å². The van der Waals surface area contributed by atoms with Crippen molar-refractivity contribution in [2.75, 3.05) is 7.11 Å². The summed E-state index contributed by atoms with van der Waals surface area (Å²) in [5.74, 6) is 0.299. The third-order valence-corrected chi connectivity index (χ3v) is 2.68. The minimum Gasteiger partial charge on any atom is -0.489 e. The van der Waals surface area contributed by atoms with Crippen molar-refractivity contribution < 1.29 is 14.3 Å². The standard InChI is InChI=1S/C14H12ClNO3/c1-18-14(17)11-2-4-12(5-3-11)19-9-10-6-7-16-13(15)8-10/h2-8H,9H2,1H3. The Morgan fingerprint density at radius 1 is 1.26 bits per heavy atom. The maximum Gasteiger partial charge on any atom is 0.337 e. The Kier molecular flexibility index (Phi) is 4.36. The number of pyridine rings is 1. The van der Waals surface area contributed by atoms with Gasteiger partial charge in [-0.05, 0) is 42.0 Å². The quantitative estimate of drug-likeness (QED) is 0.636. The molecule has 1 aromatic heterocycles. The summed E-state index contributed by atoms with van der Waals surface area (Å²) in [6.45, 7) is 0.389. The van der Waals surface area contributed by atoms with Gasteiger partial charge in [0.25, 0.3) is 0 Å². The highest BCUT2D eigenvalue weighted by atomic mass is 35.5. The molecule has 0 aliphatic heterocycles. The molecule has 5 heteroatoms. The summed E-state index contributed by atoms with van der Waals surface area (Å²) in [5, 5.41) is 0.433. The number of ether oxygens (including phenoxy) is 2. The average molecular weight is 278 g/mol. The molecule has 1 heterocycles. The van der Waals surface area contributed by atoms with Gasteiger partial charge >= 0.3 is 5.97 Å². The van der Waals surface area contributed by atoms with E-state index in [2.05, 4.69) is 9.72 Å². The minimum atomic E-state index is -0.368. The van der Waals surface area contributed by atoms with Gasteiger partial charge in [-0.1, -0.05) is 11.6 Å². The van der Waals surface area contributed by atoms with Gasteiger partial charge in [0.2, 0.25) is 0 Å². The van der Waals surface area contributed by atoms with Gasteiger partial charge in [-0.3, -0.25) is 0 Å². The van der Waals surface area contributed by atoms with Gasteiger partial charge in [0.1, 0.15) is 17.5 Å². The lowest BCUT2D eigenvalue weighted by atomic mass is 10.2. The number of benzene rings is 1. The smallest absolute Gasteiger partial charge is 0.337 e. The van der Waals surface area contributed by atoms with E-state index in [1.54, 1.807) is 36.5 Å². The van der Waals surface area contributed by atoms with E-state index in [4.69, 9.17) is 16.3 Å². The number of carbonyl (C=O) groups is 1. The molecule has 0 aliphatic rings. The molecule has 0 saturated carbocycles. The lowest BCUT2D eigenvalue weighted by Gasteiger charge is -2.07. The maximum absolute atomic E-state index is 11.3. The van der Waals surface area contributed by atoms with E-state index in [1.807, 2.05) is 6.07 Å². The highest BCUT2D eigenvalue weighted by Crippen LogP contribution is 2.15. The molecule has 0 N–H and O–H groups in total. The summed E-state index contributed by atoms with van der Waals surface area (Å²) >= 11 is 5.78. The molecule has 0 saturated heterocycles. The summed E-state index contributed by atoms with van der Waals surface area (Å²) in [5.41, 5.74) is 1.42. The van der Waals surface area contributed by atoms with E-state index < -0.39 is 0 Å². The fraction of sp³-hybridized carbons (Fsp3) is 0.143. The third-order valence-electron chi connectivity index (χ3n) is 2.47. The van der Waals surface area contributed by atoms with Crippen LogP contribution in [-0.2, 0) is 11.3 Å². The van der Waals surface area contributed by atoms with Crippen molar-refractivity contribution in [3.8, 4) is 5.75 Å². The molecule has 19 heavy (non-hydrogen) atoms. The van der Waals surface area contributed by atoms with Crippen LogP contribution in [0, 0.1) is 0 Å². The fourth-order valence-corrected chi connectivity index (χ4v) is 1.70. The normalized spacial score (nSPS) is 10.0. The van der Waals surface area contributed by atoms with Crippen molar-refractivity contribution in [2.45, 2.75) is 6.61 Å². The number of carbonyl (C=O) groups excluding carboxylic acids is 1. The Hall–Kier alpha value is -2.07. The number of aromatic nitrogens is 1. The molecule has 0 fully saturated rings. The lowest BCUT2D eigenvalue weighted by molar-refractivity contribution is 0.0600. The molecule has 0 radical (unpaired) electrons. The Morgan fingerprint density at radius 2 is 2.00 bits per heavy atom. The Bertz CT molecular complexity index is 569. The molecular weight excluding hydrogens is 266 g/mol. The zero-order valence-electron chi connectivity index (χ0n) is 10.3. The van der Waals surface area contributed by atoms with Crippen molar-refractivity contribution >= 4 is 17.6 Å². The van der Waals surface area contributed by atoms with Crippen LogP contribution in [0.1, 0.15) is 15.9 Å². The van der Waals surface area contributed by atoms with Gasteiger partial charge < -0.3 is 9.47 Å². The Morgan fingerprint density at radius 3 is 2.63 bits per heavy atom. The molecule has 4 nitrogen and oxygen atoms in total. The van der Waals surface area contributed by atoms with Crippen molar-refractivity contribution in [3.05, 3.63) is 58.9 Å². The molecule has 2 aromatic rings. The van der Waals surface area contributed by atoms with Gasteiger partial charge in [-0.2, -0.15) is 0 Å². The van der Waals surface area contributed by atoms with Gasteiger partial charge in [-0.15, -0.1) is 0 Å². The number of hydrogen-bond donors (Lipinski definition) is 0. The SMILES string of the molecule is COC(=O)c1ccc(OCc2ccnc(Cl)c2)cc1. The second kappa shape index (κ2) is 6.20. The maximum atomic E-state index is 11.3. The molecular formula is C14H12ClNO3. The zero-order chi connectivity index (χ0) is 13.7. The molecule has 0 spiro atoms. The molecule has 0 atom stereocenters. The summed E-state index contributed by atoms with van der Waals surface area (Å²) in [7, 11) is 1.35. The summed E-state index contributed by atoms with van der Waals surface area (Å²) in [6, 6.07) is 10.3. The van der Waals surface area contributed by atoms with Crippen LogP contribution in [0.5, 0.6) is 5.75 Å². The number of methoxy groups -OCH3 is 1. The predicted octanol–water partition coefficient (Wildman–Crippen LogP) is 3.10. The average Bonchev–Trinajstić information content (AvgIpc) is 2.45. The zero-order valence-corrected chi connectivity index (χ0v) is 11.1. The van der Waals surface area contributed by atoms with Crippen LogP contribution in [0.4, 0.5) is 0 Å². The van der Waals surface area contributed by atoms with Crippen molar-refractivity contribution in [3.63, 3.8) is 0 Å². The first-order valence-corrected chi connectivity index (χ1v) is 5.98. The number of nitrogens with zero attached hydrogens (tertiary/aromatic N) is 1. The van der Waals surface area contributed by atoms with Gasteiger partial charge in [0.05, 0.1) is 12.7 Å². The fourth-order valence-electron chi connectivity index (χ4n) is 1.50. The topological polar surface area (TPSA) is 48.4 Å². The molecule has 0 unspecified atom stereocenters. The van der Waals surface area contributed by atoms with Crippen LogP contribution in [0.25, 0.3) is 0 Å². The number of esters is 1. The number of rotatable bonds is 4. The summed E-state index contributed by atoms with van der Waals surface area (Å²) < 4.78 is 10.2. The monoisotopic (exact) mass is 277 g/mol. The third kappa shape index (κ3) is 3.69. The second-order valence-corrected chi connectivity index (χ2v) is 4.18. The van der Waals surface area contributed by atoms with E-state index in [1.165, 1.54) is 7.11 Å². The van der Waals surface area contributed by atoms with Crippen LogP contribution in [0.2, 0.25) is 5.15 Å². The second-order valence-electron chi connectivity index (χ2n) is 3.79. The summed E-state index contributed by atoms with van der Waals surface area (Å²) in [4.78, 5) is 15.2. The van der Waals surface area contributed by atoms with Crippen LogP contribution in [-0.4, -0.2) is 18.1 Å². The first-order chi connectivity index (χ1) is 9.19. The molecule has 1 aromatic carbocycles. The van der Waals surface area contributed by atoms with Crippen LogP contribution < -0.4 is 4.74 Å². The summed E-state index contributed by atoms with van der Waals surface area (Å²) in [6.07, 6.45) is 1.63. The van der Waals surface area contributed by atoms with Gasteiger partial charge in [-0.25, -0.2) is 9.78 Å². The largest absolute Gasteiger partial charge is 0.489 e.